The molecule has 0 unspecified atom stereocenters. The summed E-state index contributed by atoms with van der Waals surface area (Å²) in [4.78, 5) is 26.3. The maximum absolute atomic E-state index is 12.8. The Morgan fingerprint density at radius 3 is 2.44 bits per heavy atom. The fraction of sp³-hybridized carbons (Fsp3) is 0.143. The molecular weight excluding hydrogens is 408 g/mol. The van der Waals surface area contributed by atoms with Crippen LogP contribution in [0.2, 0.25) is 0 Å². The van der Waals surface area contributed by atoms with Gasteiger partial charge in [-0.15, -0.1) is 0 Å². The highest BCUT2D eigenvalue weighted by atomic mass is 79.9. The van der Waals surface area contributed by atoms with Gasteiger partial charge in [-0.25, -0.2) is 4.79 Å². The van der Waals surface area contributed by atoms with E-state index >= 15 is 0 Å². The molecule has 0 aliphatic carbocycles. The summed E-state index contributed by atoms with van der Waals surface area (Å²) in [6, 6.07) is 14.2. The summed E-state index contributed by atoms with van der Waals surface area (Å²) in [6.07, 6.45) is 4.87. The average molecular weight is 427 g/mol. The van der Waals surface area contributed by atoms with Gasteiger partial charge in [-0.05, 0) is 41.5 Å². The van der Waals surface area contributed by atoms with Crippen LogP contribution in [0.25, 0.3) is 6.08 Å². The third-order valence-corrected chi connectivity index (χ3v) is 4.79. The zero-order valence-electron chi connectivity index (χ0n) is 15.0. The minimum absolute atomic E-state index is 0.161. The highest BCUT2D eigenvalue weighted by Crippen LogP contribution is 2.28. The van der Waals surface area contributed by atoms with Crippen molar-refractivity contribution in [2.75, 3.05) is 14.2 Å². The van der Waals surface area contributed by atoms with Crippen LogP contribution in [0.1, 0.15) is 17.2 Å². The van der Waals surface area contributed by atoms with Gasteiger partial charge in [-0.3, -0.25) is 4.79 Å². The lowest BCUT2D eigenvalue weighted by Gasteiger charge is -2.29. The Balaban J connectivity index is 1.88. The molecule has 0 spiro atoms. The highest BCUT2D eigenvalue weighted by molar-refractivity contribution is 9.10. The number of hydrogen-bond donors (Lipinski definition) is 1. The molecule has 2 aromatic carbocycles. The number of carbonyl (C=O) groups is 2. The maximum Gasteiger partial charge on any atom is 0.321 e. The number of rotatable bonds is 5. The van der Waals surface area contributed by atoms with Crippen LogP contribution in [0.15, 0.2) is 70.9 Å². The van der Waals surface area contributed by atoms with Crippen molar-refractivity contribution in [1.29, 1.82) is 0 Å². The van der Waals surface area contributed by atoms with E-state index in [0.29, 0.717) is 11.3 Å². The van der Waals surface area contributed by atoms with Gasteiger partial charge in [0.1, 0.15) is 5.75 Å². The molecule has 2 amide bonds. The average Bonchev–Trinajstić information content (AvgIpc) is 2.69. The molecule has 1 N–H and O–H groups in total. The van der Waals surface area contributed by atoms with E-state index in [9.17, 15) is 9.59 Å². The monoisotopic (exact) mass is 426 g/mol. The molecule has 0 fully saturated rings. The quantitative estimate of drug-likeness (QED) is 0.724. The van der Waals surface area contributed by atoms with Crippen LogP contribution in [0.4, 0.5) is 4.79 Å². The van der Waals surface area contributed by atoms with Crippen molar-refractivity contribution in [2.24, 2.45) is 0 Å². The number of benzene rings is 2. The standard InChI is InChI=1S/C21H19BrN2O3/c1-24-13-18(19(25)12-5-14-3-8-16(22)9-4-14)20(23-21(24)26)15-6-10-17(27-2)11-7-15/h3-13,20H,1-2H3,(H,23,26)/b12-5+/t20-/m1/s1. The van der Waals surface area contributed by atoms with Crippen molar-refractivity contribution in [3.8, 4) is 5.75 Å². The summed E-state index contributed by atoms with van der Waals surface area (Å²) in [5.41, 5.74) is 2.23. The Morgan fingerprint density at radius 1 is 1.15 bits per heavy atom. The van der Waals surface area contributed by atoms with E-state index in [-0.39, 0.29) is 11.8 Å². The molecule has 0 bridgehead atoms. The van der Waals surface area contributed by atoms with E-state index in [0.717, 1.165) is 15.6 Å². The summed E-state index contributed by atoms with van der Waals surface area (Å²) < 4.78 is 6.15. The molecule has 1 aliphatic heterocycles. The van der Waals surface area contributed by atoms with E-state index < -0.39 is 6.04 Å². The smallest absolute Gasteiger partial charge is 0.321 e. The van der Waals surface area contributed by atoms with Crippen LogP contribution in [-0.4, -0.2) is 30.9 Å². The Hall–Kier alpha value is -2.86. The number of ketones is 1. The van der Waals surface area contributed by atoms with Crippen molar-refractivity contribution >= 4 is 33.8 Å². The number of hydrogen-bond acceptors (Lipinski definition) is 3. The summed E-state index contributed by atoms with van der Waals surface area (Å²) in [6.45, 7) is 0. The first-order chi connectivity index (χ1) is 13.0. The first kappa shape index (κ1) is 18.9. The zero-order chi connectivity index (χ0) is 19.4. The molecule has 6 heteroatoms. The lowest BCUT2D eigenvalue weighted by atomic mass is 9.94. The molecule has 27 heavy (non-hydrogen) atoms. The van der Waals surface area contributed by atoms with Crippen LogP contribution in [-0.2, 0) is 4.79 Å². The number of methoxy groups -OCH3 is 1. The normalized spacial score (nSPS) is 16.9. The van der Waals surface area contributed by atoms with Crippen molar-refractivity contribution in [3.63, 3.8) is 0 Å². The van der Waals surface area contributed by atoms with E-state index in [4.69, 9.17) is 4.74 Å². The number of allylic oxidation sites excluding steroid dienone is 1. The predicted octanol–water partition coefficient (Wildman–Crippen LogP) is 4.32. The topological polar surface area (TPSA) is 58.6 Å². The zero-order valence-corrected chi connectivity index (χ0v) is 16.6. The third-order valence-electron chi connectivity index (χ3n) is 4.26. The second-order valence-electron chi connectivity index (χ2n) is 6.10. The molecule has 3 rings (SSSR count). The SMILES string of the molecule is COc1ccc([C@H]2NC(=O)N(C)C=C2C(=O)/C=C/c2ccc(Br)cc2)cc1. The molecule has 1 heterocycles. The molecule has 1 atom stereocenters. The molecule has 1 aliphatic rings. The summed E-state index contributed by atoms with van der Waals surface area (Å²) in [5.74, 6) is 0.551. The molecule has 2 aromatic rings. The van der Waals surface area contributed by atoms with Gasteiger partial charge in [-0.2, -0.15) is 0 Å². The number of urea groups is 1. The van der Waals surface area contributed by atoms with E-state index in [2.05, 4.69) is 21.2 Å². The molecular formula is C21H19BrN2O3. The summed E-state index contributed by atoms with van der Waals surface area (Å²) in [5, 5.41) is 2.87. The summed E-state index contributed by atoms with van der Waals surface area (Å²) in [7, 11) is 3.21. The summed E-state index contributed by atoms with van der Waals surface area (Å²) >= 11 is 3.39. The van der Waals surface area contributed by atoms with Crippen LogP contribution in [0.5, 0.6) is 5.75 Å². The number of halogens is 1. The number of nitrogens with zero attached hydrogens (tertiary/aromatic N) is 1. The lowest BCUT2D eigenvalue weighted by Crippen LogP contribution is -2.43. The Labute approximate surface area is 166 Å². The van der Waals surface area contributed by atoms with Gasteiger partial charge >= 0.3 is 6.03 Å². The fourth-order valence-corrected chi connectivity index (χ4v) is 3.02. The van der Waals surface area contributed by atoms with E-state index in [1.54, 1.807) is 38.6 Å². The Kier molecular flexibility index (Phi) is 5.76. The number of amides is 2. The first-order valence-corrected chi connectivity index (χ1v) is 9.14. The van der Waals surface area contributed by atoms with Crippen molar-refractivity contribution in [2.45, 2.75) is 6.04 Å². The second-order valence-corrected chi connectivity index (χ2v) is 7.02. The molecule has 138 valence electrons. The van der Waals surface area contributed by atoms with Gasteiger partial charge in [0.05, 0.1) is 13.2 Å². The molecule has 5 nitrogen and oxygen atoms in total. The number of ether oxygens (including phenoxy) is 1. The van der Waals surface area contributed by atoms with Crippen LogP contribution in [0, 0.1) is 0 Å². The first-order valence-electron chi connectivity index (χ1n) is 8.35. The fourth-order valence-electron chi connectivity index (χ4n) is 2.75. The molecule has 0 radical (unpaired) electrons. The minimum Gasteiger partial charge on any atom is -0.497 e. The molecule has 0 saturated heterocycles. The predicted molar refractivity (Wildman–Crippen MR) is 108 cm³/mol. The Bertz CT molecular complexity index is 902. The minimum atomic E-state index is -0.512. The van der Waals surface area contributed by atoms with Crippen LogP contribution >= 0.6 is 15.9 Å². The Morgan fingerprint density at radius 2 is 1.81 bits per heavy atom. The van der Waals surface area contributed by atoms with Gasteiger partial charge in [0.15, 0.2) is 5.78 Å². The molecule has 0 saturated carbocycles. The number of nitrogens with one attached hydrogen (secondary N) is 1. The second kappa shape index (κ2) is 8.22. The van der Waals surface area contributed by atoms with Crippen LogP contribution < -0.4 is 10.1 Å². The highest BCUT2D eigenvalue weighted by Gasteiger charge is 2.29. The largest absolute Gasteiger partial charge is 0.497 e. The van der Waals surface area contributed by atoms with E-state index in [1.165, 1.54) is 11.0 Å². The van der Waals surface area contributed by atoms with Gasteiger partial charge in [0, 0.05) is 23.3 Å². The molecule has 0 aromatic heterocycles. The van der Waals surface area contributed by atoms with Gasteiger partial charge < -0.3 is 15.0 Å². The van der Waals surface area contributed by atoms with Crippen molar-refractivity contribution in [1.82, 2.24) is 10.2 Å². The lowest BCUT2D eigenvalue weighted by molar-refractivity contribution is -0.111. The van der Waals surface area contributed by atoms with Gasteiger partial charge in [-0.1, -0.05) is 46.3 Å². The maximum atomic E-state index is 12.8. The third kappa shape index (κ3) is 4.46. The number of carbonyl (C=O) groups excluding carboxylic acids is 2. The van der Waals surface area contributed by atoms with Crippen LogP contribution in [0.3, 0.4) is 0 Å². The van der Waals surface area contributed by atoms with Gasteiger partial charge in [0.2, 0.25) is 0 Å². The van der Waals surface area contributed by atoms with Crippen molar-refractivity contribution in [3.05, 3.63) is 82.0 Å². The van der Waals surface area contributed by atoms with E-state index in [1.807, 2.05) is 36.4 Å². The van der Waals surface area contributed by atoms with Crippen molar-refractivity contribution < 1.29 is 14.3 Å². The van der Waals surface area contributed by atoms with Gasteiger partial charge in [0.25, 0.3) is 0 Å².